The molecule has 54 heavy (non-hydrogen) atoms. The number of rotatable bonds is 3. The Kier molecular flexibility index (Phi) is 6.09. The van der Waals surface area contributed by atoms with E-state index in [1.807, 2.05) is 0 Å². The molecule has 0 fully saturated rings. The molecule has 2 heteroatoms. The van der Waals surface area contributed by atoms with Crippen LogP contribution in [0.25, 0.3) is 109 Å². The molecule has 0 saturated heterocycles. The molecule has 0 amide bonds. The lowest BCUT2D eigenvalue weighted by Crippen LogP contribution is -1.95. The van der Waals surface area contributed by atoms with Crippen LogP contribution in [-0.2, 0) is 0 Å². The molecule has 0 atom stereocenters. The number of nitrogens with zero attached hydrogens (tertiary/aromatic N) is 2. The van der Waals surface area contributed by atoms with Crippen LogP contribution in [-0.4, -0.2) is 9.13 Å². The second-order valence-corrected chi connectivity index (χ2v) is 14.5. The quantitative estimate of drug-likeness (QED) is 0.164. The third-order valence-corrected chi connectivity index (χ3v) is 11.6. The lowest BCUT2D eigenvalue weighted by molar-refractivity contribution is 1.18. The summed E-state index contributed by atoms with van der Waals surface area (Å²) in [6, 6.07) is 71.5. The van der Waals surface area contributed by atoms with Gasteiger partial charge in [0.15, 0.2) is 0 Å². The lowest BCUT2D eigenvalue weighted by atomic mass is 9.92. The Hall–Kier alpha value is -7.16. The van der Waals surface area contributed by atoms with Gasteiger partial charge in [0.1, 0.15) is 0 Å². The third kappa shape index (κ3) is 4.05. The van der Waals surface area contributed by atoms with E-state index in [0.29, 0.717) is 0 Å². The molecule has 0 radical (unpaired) electrons. The van der Waals surface area contributed by atoms with Gasteiger partial charge >= 0.3 is 0 Å². The number of hydrogen-bond acceptors (Lipinski definition) is 0. The van der Waals surface area contributed by atoms with Gasteiger partial charge in [-0.15, -0.1) is 0 Å². The van der Waals surface area contributed by atoms with Gasteiger partial charge in [-0.2, -0.15) is 0 Å². The van der Waals surface area contributed by atoms with E-state index in [9.17, 15) is 0 Å². The number of hydrogen-bond donors (Lipinski definition) is 0. The normalized spacial score (nSPS) is 12.1. The van der Waals surface area contributed by atoms with Crippen molar-refractivity contribution in [3.8, 4) is 22.5 Å². The lowest BCUT2D eigenvalue weighted by Gasteiger charge is -2.14. The zero-order valence-corrected chi connectivity index (χ0v) is 29.4. The van der Waals surface area contributed by atoms with Gasteiger partial charge in [-0.1, -0.05) is 140 Å². The van der Waals surface area contributed by atoms with Crippen LogP contribution < -0.4 is 0 Å². The average Bonchev–Trinajstić information content (AvgIpc) is 3.77. The van der Waals surface area contributed by atoms with E-state index in [4.69, 9.17) is 0 Å². The van der Waals surface area contributed by atoms with Gasteiger partial charge in [-0.25, -0.2) is 0 Å². The maximum atomic E-state index is 2.49. The van der Waals surface area contributed by atoms with Crippen LogP contribution in [0.15, 0.2) is 194 Å². The molecule has 2 nitrogen and oxygen atoms in total. The molecular weight excluding hydrogens is 653 g/mol. The van der Waals surface area contributed by atoms with Crippen molar-refractivity contribution in [3.63, 3.8) is 0 Å². The molecule has 2 heterocycles. The molecule has 0 aliphatic heterocycles. The monoisotopic (exact) mass is 684 g/mol. The van der Waals surface area contributed by atoms with Crippen molar-refractivity contribution in [2.24, 2.45) is 0 Å². The van der Waals surface area contributed by atoms with Crippen molar-refractivity contribution in [1.29, 1.82) is 0 Å². The highest BCUT2D eigenvalue weighted by molar-refractivity contribution is 6.33. The highest BCUT2D eigenvalue weighted by atomic mass is 15.0. The van der Waals surface area contributed by atoms with E-state index in [0.717, 1.165) is 5.69 Å². The summed E-state index contributed by atoms with van der Waals surface area (Å²) in [7, 11) is 0. The Morgan fingerprint density at radius 1 is 0.259 bits per heavy atom. The standard InChI is InChI=1S/C52H32N2/c1-3-14-36(15-4-1)53-48-29-25-35(32-46(48)50-38-18-8-7-13-33(38)23-30-49(50)53)34-24-28-47-45(31-34)44-27-26-43-41-21-10-9-19-39(41)40-20-11-12-22-42(40)51(43)52(44)54(47)37-16-5-2-6-17-37/h1-32H. The first-order valence-corrected chi connectivity index (χ1v) is 18.7. The van der Waals surface area contributed by atoms with Crippen molar-refractivity contribution >= 4 is 86.7 Å². The van der Waals surface area contributed by atoms with Gasteiger partial charge in [-0.3, -0.25) is 0 Å². The Labute approximate surface area is 311 Å². The Bertz CT molecular complexity index is 3440. The maximum absolute atomic E-state index is 2.49. The first-order chi connectivity index (χ1) is 26.8. The van der Waals surface area contributed by atoms with Crippen molar-refractivity contribution in [1.82, 2.24) is 9.13 Å². The second-order valence-electron chi connectivity index (χ2n) is 14.5. The van der Waals surface area contributed by atoms with Crippen LogP contribution >= 0.6 is 0 Å². The Morgan fingerprint density at radius 2 is 0.741 bits per heavy atom. The van der Waals surface area contributed by atoms with Crippen molar-refractivity contribution in [2.75, 3.05) is 0 Å². The van der Waals surface area contributed by atoms with Gasteiger partial charge in [0.25, 0.3) is 0 Å². The summed E-state index contributed by atoms with van der Waals surface area (Å²) in [6.07, 6.45) is 0. The van der Waals surface area contributed by atoms with E-state index in [2.05, 4.69) is 203 Å². The molecule has 0 spiro atoms. The fraction of sp³-hybridized carbons (Fsp3) is 0. The van der Waals surface area contributed by atoms with E-state index < -0.39 is 0 Å². The molecule has 0 unspecified atom stereocenters. The summed E-state index contributed by atoms with van der Waals surface area (Å²) in [4.78, 5) is 0. The minimum absolute atomic E-state index is 1.16. The van der Waals surface area contributed by atoms with Crippen molar-refractivity contribution in [2.45, 2.75) is 0 Å². The average molecular weight is 685 g/mol. The van der Waals surface area contributed by atoms with Crippen LogP contribution in [0.4, 0.5) is 0 Å². The molecular formula is C52H32N2. The van der Waals surface area contributed by atoms with Gasteiger partial charge in [0.2, 0.25) is 0 Å². The molecule has 0 aliphatic rings. The van der Waals surface area contributed by atoms with Crippen molar-refractivity contribution in [3.05, 3.63) is 194 Å². The Balaban J connectivity index is 1.17. The SMILES string of the molecule is c1ccc(-n2c3ccc(-c4ccc5c(c4)c4ccc6c7ccccc7c7ccccc7c6c4n5-c4ccccc4)cc3c3c4ccccc4ccc32)cc1. The summed E-state index contributed by atoms with van der Waals surface area (Å²) in [5, 5.41) is 15.3. The number of para-hydroxylation sites is 2. The minimum atomic E-state index is 1.16. The van der Waals surface area contributed by atoms with Crippen LogP contribution in [0.3, 0.4) is 0 Å². The zero-order chi connectivity index (χ0) is 35.3. The topological polar surface area (TPSA) is 9.86 Å². The summed E-state index contributed by atoms with van der Waals surface area (Å²) in [6.45, 7) is 0. The number of aromatic nitrogens is 2. The first kappa shape index (κ1) is 29.4. The van der Waals surface area contributed by atoms with Gasteiger partial charge in [-0.05, 0) is 103 Å². The summed E-state index contributed by atoms with van der Waals surface area (Å²) in [5.74, 6) is 0. The summed E-state index contributed by atoms with van der Waals surface area (Å²) < 4.78 is 4.90. The predicted molar refractivity (Wildman–Crippen MR) is 231 cm³/mol. The van der Waals surface area contributed by atoms with Crippen LogP contribution in [0.5, 0.6) is 0 Å². The molecule has 12 rings (SSSR count). The highest BCUT2D eigenvalue weighted by Gasteiger charge is 2.20. The molecule has 0 aliphatic carbocycles. The predicted octanol–water partition coefficient (Wildman–Crippen LogP) is 14.2. The van der Waals surface area contributed by atoms with Crippen molar-refractivity contribution < 1.29 is 0 Å². The smallest absolute Gasteiger partial charge is 0.0625 e. The fourth-order valence-corrected chi connectivity index (χ4v) is 9.34. The van der Waals surface area contributed by atoms with Gasteiger partial charge in [0.05, 0.1) is 22.1 Å². The Morgan fingerprint density at radius 3 is 1.43 bits per heavy atom. The number of fused-ring (bicyclic) bond motifs is 15. The maximum Gasteiger partial charge on any atom is 0.0625 e. The number of benzene rings is 10. The third-order valence-electron chi connectivity index (χ3n) is 11.6. The van der Waals surface area contributed by atoms with E-state index in [1.54, 1.807) is 0 Å². The molecule has 0 saturated carbocycles. The molecule has 0 N–H and O–H groups in total. The van der Waals surface area contributed by atoms with E-state index >= 15 is 0 Å². The first-order valence-electron chi connectivity index (χ1n) is 18.7. The molecule has 2 aromatic heterocycles. The van der Waals surface area contributed by atoms with E-state index in [1.165, 1.54) is 104 Å². The molecule has 0 bridgehead atoms. The zero-order valence-electron chi connectivity index (χ0n) is 29.4. The fourth-order valence-electron chi connectivity index (χ4n) is 9.34. The van der Waals surface area contributed by atoms with Gasteiger partial charge in [0, 0.05) is 38.3 Å². The molecule has 12 aromatic rings. The van der Waals surface area contributed by atoms with Crippen LogP contribution in [0.2, 0.25) is 0 Å². The highest BCUT2D eigenvalue weighted by Crippen LogP contribution is 2.44. The second kappa shape index (κ2) is 11.2. The molecule has 10 aromatic carbocycles. The van der Waals surface area contributed by atoms with Gasteiger partial charge < -0.3 is 9.13 Å². The minimum Gasteiger partial charge on any atom is -0.309 e. The molecule has 250 valence electrons. The summed E-state index contributed by atoms with van der Waals surface area (Å²) >= 11 is 0. The largest absolute Gasteiger partial charge is 0.309 e. The van der Waals surface area contributed by atoms with E-state index in [-0.39, 0.29) is 0 Å². The van der Waals surface area contributed by atoms with Crippen LogP contribution in [0.1, 0.15) is 0 Å². The van der Waals surface area contributed by atoms with Crippen LogP contribution in [0, 0.1) is 0 Å². The summed E-state index contributed by atoms with van der Waals surface area (Å²) in [5.41, 5.74) is 9.64.